The van der Waals surface area contributed by atoms with Crippen molar-refractivity contribution in [1.82, 2.24) is 4.90 Å². The van der Waals surface area contributed by atoms with E-state index in [2.05, 4.69) is 19.6 Å². The average molecular weight is 253 g/mol. The molecule has 0 spiro atoms. The van der Waals surface area contributed by atoms with Crippen molar-refractivity contribution >= 4 is 18.5 Å². The van der Waals surface area contributed by atoms with Crippen LogP contribution in [-0.4, -0.2) is 29.1 Å². The molecule has 1 aromatic heterocycles. The first-order valence-corrected chi connectivity index (χ1v) is 6.76. The number of hydrogen-bond acceptors (Lipinski definition) is 3. The van der Waals surface area contributed by atoms with Crippen LogP contribution < -0.4 is 0 Å². The molecule has 1 fully saturated rings. The van der Waals surface area contributed by atoms with Gasteiger partial charge in [0.2, 0.25) is 5.91 Å². The molecular formula is C13H19NO2S. The Bertz CT molecular complexity index is 364. The summed E-state index contributed by atoms with van der Waals surface area (Å²) in [5, 5.41) is 0. The first kappa shape index (κ1) is 12.6. The van der Waals surface area contributed by atoms with Crippen LogP contribution in [0.1, 0.15) is 25.5 Å². The lowest BCUT2D eigenvalue weighted by atomic mass is 10.1. The molecular weight excluding hydrogens is 234 g/mol. The van der Waals surface area contributed by atoms with Gasteiger partial charge in [-0.2, -0.15) is 12.6 Å². The van der Waals surface area contributed by atoms with E-state index in [0.717, 1.165) is 30.9 Å². The molecule has 1 aliphatic rings. The van der Waals surface area contributed by atoms with Gasteiger partial charge in [-0.1, -0.05) is 0 Å². The molecule has 2 unspecified atom stereocenters. The van der Waals surface area contributed by atoms with E-state index >= 15 is 0 Å². The zero-order valence-corrected chi connectivity index (χ0v) is 11.0. The Balaban J connectivity index is 1.83. The number of carbonyl (C=O) groups excluding carboxylic acids is 1. The third kappa shape index (κ3) is 3.06. The fourth-order valence-corrected chi connectivity index (χ4v) is 2.56. The summed E-state index contributed by atoms with van der Waals surface area (Å²) in [6.07, 6.45) is 4.20. The largest absolute Gasteiger partial charge is 0.469 e. The Kier molecular flexibility index (Phi) is 4.15. The summed E-state index contributed by atoms with van der Waals surface area (Å²) < 4.78 is 5.30. The Labute approximate surface area is 108 Å². The number of amides is 1. The molecule has 17 heavy (non-hydrogen) atoms. The van der Waals surface area contributed by atoms with Gasteiger partial charge in [0, 0.05) is 25.4 Å². The van der Waals surface area contributed by atoms with Crippen LogP contribution >= 0.6 is 12.6 Å². The maximum absolute atomic E-state index is 11.8. The number of rotatable bonds is 5. The van der Waals surface area contributed by atoms with E-state index in [1.165, 1.54) is 0 Å². The highest BCUT2D eigenvalue weighted by molar-refractivity contribution is 7.80. The van der Waals surface area contributed by atoms with Crippen molar-refractivity contribution in [2.24, 2.45) is 5.92 Å². The van der Waals surface area contributed by atoms with Crippen LogP contribution in [0.2, 0.25) is 0 Å². The Hall–Kier alpha value is -0.900. The lowest BCUT2D eigenvalue weighted by Crippen LogP contribution is -2.34. The van der Waals surface area contributed by atoms with Gasteiger partial charge in [0.1, 0.15) is 5.76 Å². The van der Waals surface area contributed by atoms with Crippen molar-refractivity contribution in [3.8, 4) is 0 Å². The number of thiol groups is 1. The summed E-state index contributed by atoms with van der Waals surface area (Å²) in [6, 6.07) is 4.17. The molecule has 94 valence electrons. The fourth-order valence-electron chi connectivity index (χ4n) is 2.32. The van der Waals surface area contributed by atoms with Gasteiger partial charge < -0.3 is 9.32 Å². The van der Waals surface area contributed by atoms with Crippen LogP contribution in [0.5, 0.6) is 0 Å². The number of likely N-dealkylation sites (tertiary alicyclic amines) is 1. The van der Waals surface area contributed by atoms with Crippen molar-refractivity contribution in [2.75, 3.05) is 12.3 Å². The molecule has 0 radical (unpaired) electrons. The molecule has 2 rings (SSSR count). The predicted octanol–water partition coefficient (Wildman–Crippen LogP) is 2.38. The van der Waals surface area contributed by atoms with E-state index in [9.17, 15) is 4.79 Å². The number of furan rings is 1. The van der Waals surface area contributed by atoms with E-state index in [1.54, 1.807) is 6.26 Å². The molecule has 0 bridgehead atoms. The third-order valence-corrected chi connectivity index (χ3v) is 3.93. The second-order valence-electron chi connectivity index (χ2n) is 4.77. The smallest absolute Gasteiger partial charge is 0.223 e. The summed E-state index contributed by atoms with van der Waals surface area (Å²) in [5.41, 5.74) is 0. The second kappa shape index (κ2) is 5.63. The lowest BCUT2D eigenvalue weighted by Gasteiger charge is -2.24. The maximum atomic E-state index is 11.8. The maximum Gasteiger partial charge on any atom is 0.223 e. The molecule has 0 N–H and O–H groups in total. The average Bonchev–Trinajstić information content (AvgIpc) is 2.94. The van der Waals surface area contributed by atoms with Crippen LogP contribution in [0.25, 0.3) is 0 Å². The minimum absolute atomic E-state index is 0.274. The summed E-state index contributed by atoms with van der Waals surface area (Å²) >= 11 is 4.27. The normalized spacial score (nSPS) is 22.1. The topological polar surface area (TPSA) is 33.5 Å². The van der Waals surface area contributed by atoms with Gasteiger partial charge in [0.05, 0.1) is 6.26 Å². The standard InChI is InChI=1S/C13H19NO2S/c1-10(4-5-12-3-2-6-16-12)14-8-11(9-17)7-13(14)15/h2-3,6,10-11,17H,4-5,7-9H2,1H3. The van der Waals surface area contributed by atoms with Gasteiger partial charge in [0.25, 0.3) is 0 Å². The molecule has 1 aliphatic heterocycles. The Morgan fingerprint density at radius 3 is 3.06 bits per heavy atom. The zero-order valence-electron chi connectivity index (χ0n) is 10.1. The van der Waals surface area contributed by atoms with Crippen molar-refractivity contribution in [3.05, 3.63) is 24.2 Å². The van der Waals surface area contributed by atoms with Crippen LogP contribution in [0.3, 0.4) is 0 Å². The summed E-state index contributed by atoms with van der Waals surface area (Å²) in [4.78, 5) is 13.8. The molecule has 1 amide bonds. The molecule has 1 aromatic rings. The van der Waals surface area contributed by atoms with Crippen molar-refractivity contribution in [3.63, 3.8) is 0 Å². The van der Waals surface area contributed by atoms with Crippen LogP contribution in [-0.2, 0) is 11.2 Å². The van der Waals surface area contributed by atoms with Gasteiger partial charge in [-0.25, -0.2) is 0 Å². The van der Waals surface area contributed by atoms with E-state index < -0.39 is 0 Å². The number of nitrogens with zero attached hydrogens (tertiary/aromatic N) is 1. The number of carbonyl (C=O) groups is 1. The summed E-state index contributed by atoms with van der Waals surface area (Å²) in [7, 11) is 0. The van der Waals surface area contributed by atoms with Gasteiger partial charge in [-0.15, -0.1) is 0 Å². The molecule has 2 atom stereocenters. The fraction of sp³-hybridized carbons (Fsp3) is 0.615. The first-order chi connectivity index (χ1) is 8.20. The zero-order chi connectivity index (χ0) is 12.3. The molecule has 2 heterocycles. The molecule has 3 nitrogen and oxygen atoms in total. The highest BCUT2D eigenvalue weighted by Gasteiger charge is 2.31. The quantitative estimate of drug-likeness (QED) is 0.817. The van der Waals surface area contributed by atoms with Crippen LogP contribution in [0, 0.1) is 5.92 Å². The van der Waals surface area contributed by atoms with Gasteiger partial charge in [0.15, 0.2) is 0 Å². The van der Waals surface area contributed by atoms with Crippen molar-refractivity contribution in [2.45, 2.75) is 32.2 Å². The van der Waals surface area contributed by atoms with Gasteiger partial charge in [-0.3, -0.25) is 4.79 Å². The summed E-state index contributed by atoms with van der Waals surface area (Å²) in [5.74, 6) is 2.50. The van der Waals surface area contributed by atoms with Crippen LogP contribution in [0.15, 0.2) is 22.8 Å². The van der Waals surface area contributed by atoms with Crippen molar-refractivity contribution < 1.29 is 9.21 Å². The first-order valence-electron chi connectivity index (χ1n) is 6.13. The summed E-state index contributed by atoms with van der Waals surface area (Å²) in [6.45, 7) is 2.98. The highest BCUT2D eigenvalue weighted by Crippen LogP contribution is 2.22. The van der Waals surface area contributed by atoms with E-state index in [-0.39, 0.29) is 11.9 Å². The Morgan fingerprint density at radius 2 is 2.47 bits per heavy atom. The molecule has 1 saturated heterocycles. The SMILES string of the molecule is CC(CCc1ccco1)N1CC(CS)CC1=O. The Morgan fingerprint density at radius 1 is 1.65 bits per heavy atom. The van der Waals surface area contributed by atoms with Gasteiger partial charge in [-0.05, 0) is 37.1 Å². The van der Waals surface area contributed by atoms with Crippen LogP contribution in [0.4, 0.5) is 0 Å². The second-order valence-corrected chi connectivity index (χ2v) is 5.13. The van der Waals surface area contributed by atoms with Crippen molar-refractivity contribution in [1.29, 1.82) is 0 Å². The molecule has 0 saturated carbocycles. The van der Waals surface area contributed by atoms with E-state index in [4.69, 9.17) is 4.42 Å². The minimum atomic E-state index is 0.274. The number of hydrogen-bond donors (Lipinski definition) is 1. The lowest BCUT2D eigenvalue weighted by molar-refractivity contribution is -0.129. The van der Waals surface area contributed by atoms with E-state index in [1.807, 2.05) is 17.0 Å². The third-order valence-electron chi connectivity index (χ3n) is 3.42. The molecule has 0 aromatic carbocycles. The monoisotopic (exact) mass is 253 g/mol. The van der Waals surface area contributed by atoms with Gasteiger partial charge >= 0.3 is 0 Å². The predicted molar refractivity (Wildman–Crippen MR) is 70.2 cm³/mol. The highest BCUT2D eigenvalue weighted by atomic mass is 32.1. The minimum Gasteiger partial charge on any atom is -0.469 e. The van der Waals surface area contributed by atoms with E-state index in [0.29, 0.717) is 12.3 Å². The number of aryl methyl sites for hydroxylation is 1. The molecule has 0 aliphatic carbocycles. The molecule has 4 heteroatoms.